The highest BCUT2D eigenvalue weighted by molar-refractivity contribution is 4.53. The van der Waals surface area contributed by atoms with Crippen molar-refractivity contribution in [3.05, 3.63) is 6.92 Å². The Morgan fingerprint density at radius 2 is 1.89 bits per heavy atom. The molecule has 0 aromatic carbocycles. The summed E-state index contributed by atoms with van der Waals surface area (Å²) in [5.41, 5.74) is 0. The van der Waals surface area contributed by atoms with E-state index in [9.17, 15) is 0 Å². The van der Waals surface area contributed by atoms with Gasteiger partial charge in [-0.05, 0) is 5.92 Å². The third-order valence-electron chi connectivity index (χ3n) is 1.55. The number of unbranched alkanes of at least 4 members (excludes halogenated alkanes) is 3. The third kappa shape index (κ3) is 8.00. The van der Waals surface area contributed by atoms with E-state index < -0.39 is 0 Å². The van der Waals surface area contributed by atoms with E-state index in [0.717, 1.165) is 0 Å². The molecule has 0 heterocycles. The summed E-state index contributed by atoms with van der Waals surface area (Å²) in [6.45, 7) is 8.37. The lowest BCUT2D eigenvalue weighted by Gasteiger charge is -2.01. The van der Waals surface area contributed by atoms with Crippen molar-refractivity contribution in [3.8, 4) is 0 Å². The third-order valence-corrected chi connectivity index (χ3v) is 1.55. The summed E-state index contributed by atoms with van der Waals surface area (Å²) in [4.78, 5) is 0. The van der Waals surface area contributed by atoms with Gasteiger partial charge in [0, 0.05) is 0 Å². The Hall–Kier alpha value is 0. The first-order valence-corrected chi connectivity index (χ1v) is 4.10. The Kier molecular flexibility index (Phi) is 6.12. The summed E-state index contributed by atoms with van der Waals surface area (Å²) in [5, 5.41) is 0. The zero-order valence-corrected chi connectivity index (χ0v) is 6.82. The molecule has 0 heteroatoms. The van der Waals surface area contributed by atoms with Crippen molar-refractivity contribution in [2.45, 2.75) is 46.0 Å². The second kappa shape index (κ2) is 6.12. The normalized spacial score (nSPS) is 10.7. The summed E-state index contributed by atoms with van der Waals surface area (Å²) in [7, 11) is 0. The fourth-order valence-corrected chi connectivity index (χ4v) is 0.920. The maximum Gasteiger partial charge on any atom is -0.0443 e. The van der Waals surface area contributed by atoms with Gasteiger partial charge in [0.2, 0.25) is 0 Å². The van der Waals surface area contributed by atoms with Gasteiger partial charge in [0.15, 0.2) is 0 Å². The van der Waals surface area contributed by atoms with Gasteiger partial charge in [0.25, 0.3) is 0 Å². The van der Waals surface area contributed by atoms with Crippen molar-refractivity contribution < 1.29 is 0 Å². The summed E-state index contributed by atoms with van der Waals surface area (Å²) in [5.74, 6) is 0.654. The lowest BCUT2D eigenvalue weighted by molar-refractivity contribution is 0.559. The molecule has 0 saturated heterocycles. The van der Waals surface area contributed by atoms with Gasteiger partial charge in [-0.3, -0.25) is 0 Å². The highest BCUT2D eigenvalue weighted by Crippen LogP contribution is 2.08. The molecule has 0 N–H and O–H groups in total. The van der Waals surface area contributed by atoms with Gasteiger partial charge < -0.3 is 0 Å². The molecule has 0 fully saturated rings. The van der Waals surface area contributed by atoms with Crippen molar-refractivity contribution >= 4 is 0 Å². The minimum Gasteiger partial charge on any atom is -0.0654 e. The molecular formula is C9H19. The molecule has 0 saturated carbocycles. The van der Waals surface area contributed by atoms with Crippen LogP contribution in [0.5, 0.6) is 0 Å². The van der Waals surface area contributed by atoms with E-state index in [0.29, 0.717) is 5.92 Å². The molecule has 0 aromatic heterocycles. The SMILES string of the molecule is [CH2][C@H](C)CCCCCC. The fourth-order valence-electron chi connectivity index (χ4n) is 0.920. The van der Waals surface area contributed by atoms with Crippen LogP contribution in [0.3, 0.4) is 0 Å². The molecule has 0 unspecified atom stereocenters. The van der Waals surface area contributed by atoms with Crippen LogP contribution in [-0.4, -0.2) is 0 Å². The molecule has 0 nitrogen and oxygen atoms in total. The molecule has 9 heavy (non-hydrogen) atoms. The van der Waals surface area contributed by atoms with Gasteiger partial charge in [0.05, 0.1) is 0 Å². The van der Waals surface area contributed by atoms with E-state index in [1.165, 1.54) is 32.1 Å². The standard InChI is InChI=1S/C9H19/c1-4-5-6-7-8-9(2)3/h9H,2,4-8H2,1,3H3/t9-/m1/s1. The fraction of sp³-hybridized carbons (Fsp3) is 0.889. The molecule has 0 aliphatic rings. The first-order valence-electron chi connectivity index (χ1n) is 4.10. The van der Waals surface area contributed by atoms with Gasteiger partial charge in [-0.2, -0.15) is 0 Å². The average molecular weight is 127 g/mol. The van der Waals surface area contributed by atoms with Crippen LogP contribution in [0, 0.1) is 12.8 Å². The van der Waals surface area contributed by atoms with Gasteiger partial charge in [-0.1, -0.05) is 52.9 Å². The van der Waals surface area contributed by atoms with Gasteiger partial charge in [-0.25, -0.2) is 0 Å². The van der Waals surface area contributed by atoms with Crippen LogP contribution < -0.4 is 0 Å². The van der Waals surface area contributed by atoms with E-state index in [1.807, 2.05) is 0 Å². The van der Waals surface area contributed by atoms with Crippen LogP contribution in [-0.2, 0) is 0 Å². The summed E-state index contributed by atoms with van der Waals surface area (Å²) in [6.07, 6.45) is 6.81. The zero-order chi connectivity index (χ0) is 7.11. The maximum absolute atomic E-state index is 3.94. The Balaban J connectivity index is 2.75. The minimum atomic E-state index is 0.654. The minimum absolute atomic E-state index is 0.654. The largest absolute Gasteiger partial charge is 0.0654 e. The van der Waals surface area contributed by atoms with E-state index >= 15 is 0 Å². The van der Waals surface area contributed by atoms with Crippen LogP contribution >= 0.6 is 0 Å². The molecule has 0 bridgehead atoms. The van der Waals surface area contributed by atoms with Crippen molar-refractivity contribution in [2.24, 2.45) is 5.92 Å². The average Bonchev–Trinajstić information content (AvgIpc) is 1.80. The molecule has 0 spiro atoms. The van der Waals surface area contributed by atoms with Crippen LogP contribution in [0.15, 0.2) is 0 Å². The van der Waals surface area contributed by atoms with E-state index in [2.05, 4.69) is 20.8 Å². The Bertz CT molecular complexity index is 46.0. The van der Waals surface area contributed by atoms with Gasteiger partial charge in [0.1, 0.15) is 0 Å². The molecule has 1 atom stereocenters. The van der Waals surface area contributed by atoms with E-state index in [4.69, 9.17) is 0 Å². The van der Waals surface area contributed by atoms with Crippen LogP contribution in [0.1, 0.15) is 46.0 Å². The smallest absolute Gasteiger partial charge is 0.0443 e. The molecular weight excluding hydrogens is 108 g/mol. The lowest BCUT2D eigenvalue weighted by Crippen LogP contribution is -1.86. The monoisotopic (exact) mass is 127 g/mol. The highest BCUT2D eigenvalue weighted by Gasteiger charge is 1.92. The van der Waals surface area contributed by atoms with Crippen molar-refractivity contribution in [3.63, 3.8) is 0 Å². The second-order valence-electron chi connectivity index (χ2n) is 2.95. The Morgan fingerprint density at radius 1 is 1.22 bits per heavy atom. The van der Waals surface area contributed by atoms with Gasteiger partial charge >= 0.3 is 0 Å². The van der Waals surface area contributed by atoms with Crippen LogP contribution in [0.25, 0.3) is 0 Å². The molecule has 0 aromatic rings. The summed E-state index contributed by atoms with van der Waals surface area (Å²) >= 11 is 0. The van der Waals surface area contributed by atoms with E-state index in [-0.39, 0.29) is 0 Å². The van der Waals surface area contributed by atoms with Crippen molar-refractivity contribution in [2.75, 3.05) is 0 Å². The molecule has 0 amide bonds. The lowest BCUT2D eigenvalue weighted by atomic mass is 10.1. The first-order chi connectivity index (χ1) is 4.27. The molecule has 1 radical (unpaired) electrons. The van der Waals surface area contributed by atoms with Crippen molar-refractivity contribution in [1.82, 2.24) is 0 Å². The zero-order valence-electron chi connectivity index (χ0n) is 6.82. The number of rotatable bonds is 5. The van der Waals surface area contributed by atoms with Crippen molar-refractivity contribution in [1.29, 1.82) is 0 Å². The second-order valence-corrected chi connectivity index (χ2v) is 2.95. The summed E-state index contributed by atoms with van der Waals surface area (Å²) < 4.78 is 0. The van der Waals surface area contributed by atoms with Crippen LogP contribution in [0.2, 0.25) is 0 Å². The number of hydrogen-bond donors (Lipinski definition) is 0. The van der Waals surface area contributed by atoms with Gasteiger partial charge in [-0.15, -0.1) is 0 Å². The maximum atomic E-state index is 3.94. The Labute approximate surface area is 59.7 Å². The van der Waals surface area contributed by atoms with Crippen LogP contribution in [0.4, 0.5) is 0 Å². The van der Waals surface area contributed by atoms with E-state index in [1.54, 1.807) is 0 Å². The topological polar surface area (TPSA) is 0 Å². The first kappa shape index (κ1) is 9.00. The molecule has 0 rings (SSSR count). The highest BCUT2D eigenvalue weighted by atomic mass is 14.0. The number of hydrogen-bond acceptors (Lipinski definition) is 0. The summed E-state index contributed by atoms with van der Waals surface area (Å²) in [6, 6.07) is 0. The molecule has 0 aliphatic carbocycles. The molecule has 0 aliphatic heterocycles. The Morgan fingerprint density at radius 3 is 2.33 bits per heavy atom. The molecule has 55 valence electrons. The predicted molar refractivity (Wildman–Crippen MR) is 43.3 cm³/mol. The quantitative estimate of drug-likeness (QED) is 0.496. The predicted octanol–water partition coefficient (Wildman–Crippen LogP) is 3.43.